The minimum atomic E-state index is -0.356. The fourth-order valence-corrected chi connectivity index (χ4v) is 2.94. The molecular formula is C19H20FN3O3. The molecule has 1 saturated heterocycles. The smallest absolute Gasteiger partial charge is 0.315 e. The van der Waals surface area contributed by atoms with Crippen molar-refractivity contribution in [2.45, 2.75) is 19.0 Å². The molecule has 1 aliphatic heterocycles. The number of urea groups is 1. The number of benzene rings is 2. The number of anilines is 1. The number of para-hydroxylation sites is 1. The number of nitrogens with one attached hydrogen (secondary N) is 2. The number of amides is 3. The predicted molar refractivity (Wildman–Crippen MR) is 95.5 cm³/mol. The molecule has 7 heteroatoms. The van der Waals surface area contributed by atoms with Crippen molar-refractivity contribution < 1.29 is 18.7 Å². The number of methoxy groups -OCH3 is 1. The Labute approximate surface area is 150 Å². The number of halogens is 1. The van der Waals surface area contributed by atoms with Crippen LogP contribution in [0, 0.1) is 5.82 Å². The van der Waals surface area contributed by atoms with Crippen molar-refractivity contribution in [2.24, 2.45) is 0 Å². The van der Waals surface area contributed by atoms with E-state index in [1.807, 2.05) is 24.3 Å². The highest BCUT2D eigenvalue weighted by molar-refractivity contribution is 5.96. The van der Waals surface area contributed by atoms with Gasteiger partial charge in [-0.2, -0.15) is 0 Å². The maximum atomic E-state index is 13.0. The summed E-state index contributed by atoms with van der Waals surface area (Å²) >= 11 is 0. The quantitative estimate of drug-likeness (QED) is 0.863. The van der Waals surface area contributed by atoms with E-state index in [1.54, 1.807) is 24.1 Å². The van der Waals surface area contributed by atoms with Gasteiger partial charge in [0.1, 0.15) is 11.6 Å². The van der Waals surface area contributed by atoms with Crippen LogP contribution in [-0.4, -0.2) is 31.6 Å². The van der Waals surface area contributed by atoms with Crippen molar-refractivity contribution in [1.29, 1.82) is 0 Å². The maximum absolute atomic E-state index is 13.0. The van der Waals surface area contributed by atoms with Gasteiger partial charge < -0.3 is 20.3 Å². The number of rotatable bonds is 5. The zero-order valence-electron chi connectivity index (χ0n) is 14.4. The van der Waals surface area contributed by atoms with E-state index in [9.17, 15) is 14.0 Å². The third-order valence-corrected chi connectivity index (χ3v) is 4.23. The summed E-state index contributed by atoms with van der Waals surface area (Å²) in [6.07, 6.45) is 0.208. The summed E-state index contributed by atoms with van der Waals surface area (Å²) in [6, 6.07) is 12.5. The van der Waals surface area contributed by atoms with E-state index in [0.717, 1.165) is 5.56 Å². The average molecular weight is 357 g/mol. The van der Waals surface area contributed by atoms with Crippen molar-refractivity contribution in [3.8, 4) is 5.75 Å². The Bertz CT molecular complexity index is 795. The Morgan fingerprint density at radius 3 is 2.69 bits per heavy atom. The van der Waals surface area contributed by atoms with Crippen LogP contribution in [0.4, 0.5) is 14.9 Å². The molecule has 136 valence electrons. The van der Waals surface area contributed by atoms with Crippen LogP contribution in [0.1, 0.15) is 12.0 Å². The monoisotopic (exact) mass is 357 g/mol. The summed E-state index contributed by atoms with van der Waals surface area (Å²) in [6.45, 7) is 0.671. The summed E-state index contributed by atoms with van der Waals surface area (Å²) in [5.41, 5.74) is 1.48. The summed E-state index contributed by atoms with van der Waals surface area (Å²) in [5.74, 6) is 0.240. The molecule has 1 atom stereocenters. The van der Waals surface area contributed by atoms with E-state index in [2.05, 4.69) is 10.6 Å². The Hall–Kier alpha value is -3.09. The summed E-state index contributed by atoms with van der Waals surface area (Å²) in [7, 11) is 1.58. The molecule has 1 aliphatic rings. The number of ether oxygens (including phenoxy) is 1. The molecule has 0 saturated carbocycles. The normalized spacial score (nSPS) is 16.5. The van der Waals surface area contributed by atoms with Gasteiger partial charge in [-0.15, -0.1) is 0 Å². The first-order chi connectivity index (χ1) is 12.6. The van der Waals surface area contributed by atoms with Gasteiger partial charge in [-0.25, -0.2) is 9.18 Å². The molecule has 3 rings (SSSR count). The first-order valence-electron chi connectivity index (χ1n) is 8.29. The van der Waals surface area contributed by atoms with Gasteiger partial charge in [-0.05, 0) is 30.3 Å². The lowest BCUT2D eigenvalue weighted by Crippen LogP contribution is -2.43. The molecule has 3 amide bonds. The number of carbonyl (C=O) groups is 2. The highest BCUT2D eigenvalue weighted by Crippen LogP contribution is 2.22. The van der Waals surface area contributed by atoms with Gasteiger partial charge in [0.25, 0.3) is 0 Å². The Kier molecular flexibility index (Phi) is 5.36. The van der Waals surface area contributed by atoms with E-state index in [0.29, 0.717) is 24.5 Å². The van der Waals surface area contributed by atoms with Crippen LogP contribution >= 0.6 is 0 Å². The zero-order valence-corrected chi connectivity index (χ0v) is 14.4. The summed E-state index contributed by atoms with van der Waals surface area (Å²) in [5, 5.41) is 5.57. The van der Waals surface area contributed by atoms with Gasteiger partial charge in [-0.3, -0.25) is 4.79 Å². The van der Waals surface area contributed by atoms with E-state index in [4.69, 9.17) is 4.74 Å². The molecule has 2 aromatic rings. The molecule has 0 unspecified atom stereocenters. The Morgan fingerprint density at radius 2 is 1.96 bits per heavy atom. The van der Waals surface area contributed by atoms with Crippen LogP contribution in [-0.2, 0) is 11.3 Å². The lowest BCUT2D eigenvalue weighted by molar-refractivity contribution is -0.117. The Balaban J connectivity index is 1.53. The van der Waals surface area contributed by atoms with Crippen molar-refractivity contribution >= 4 is 17.6 Å². The van der Waals surface area contributed by atoms with E-state index >= 15 is 0 Å². The van der Waals surface area contributed by atoms with Crippen LogP contribution < -0.4 is 20.3 Å². The third kappa shape index (κ3) is 4.11. The van der Waals surface area contributed by atoms with Crippen LogP contribution in [0.2, 0.25) is 0 Å². The molecule has 1 fully saturated rings. The molecule has 0 bridgehead atoms. The standard InChI is InChI=1S/C19H20FN3O3/c1-26-17-5-3-2-4-13(17)11-21-19(25)22-15-10-18(24)23(12-15)16-8-6-14(20)7-9-16/h2-9,15H,10-12H2,1H3,(H2,21,22,25)/t15-/m1/s1. The number of hydrogen-bond donors (Lipinski definition) is 2. The predicted octanol–water partition coefficient (Wildman–Crippen LogP) is 2.44. The van der Waals surface area contributed by atoms with Crippen molar-refractivity contribution in [1.82, 2.24) is 10.6 Å². The van der Waals surface area contributed by atoms with Crippen LogP contribution in [0.15, 0.2) is 48.5 Å². The minimum absolute atomic E-state index is 0.105. The molecule has 0 spiro atoms. The lowest BCUT2D eigenvalue weighted by atomic mass is 10.2. The second-order valence-electron chi connectivity index (χ2n) is 6.02. The van der Waals surface area contributed by atoms with Crippen molar-refractivity contribution in [2.75, 3.05) is 18.6 Å². The topological polar surface area (TPSA) is 70.7 Å². The molecule has 2 N–H and O–H groups in total. The van der Waals surface area contributed by atoms with E-state index < -0.39 is 0 Å². The van der Waals surface area contributed by atoms with E-state index in [1.165, 1.54) is 12.1 Å². The maximum Gasteiger partial charge on any atom is 0.315 e. The van der Waals surface area contributed by atoms with Gasteiger partial charge in [-0.1, -0.05) is 18.2 Å². The third-order valence-electron chi connectivity index (χ3n) is 4.23. The fourth-order valence-electron chi connectivity index (χ4n) is 2.94. The summed E-state index contributed by atoms with van der Waals surface area (Å²) in [4.78, 5) is 25.8. The fraction of sp³-hybridized carbons (Fsp3) is 0.263. The molecule has 0 radical (unpaired) electrons. The first kappa shape index (κ1) is 17.7. The zero-order chi connectivity index (χ0) is 18.5. The second-order valence-corrected chi connectivity index (χ2v) is 6.02. The molecule has 6 nitrogen and oxygen atoms in total. The van der Waals surface area contributed by atoms with Gasteiger partial charge in [0, 0.05) is 30.8 Å². The van der Waals surface area contributed by atoms with Gasteiger partial charge >= 0.3 is 6.03 Å². The van der Waals surface area contributed by atoms with Crippen molar-refractivity contribution in [3.63, 3.8) is 0 Å². The lowest BCUT2D eigenvalue weighted by Gasteiger charge is -2.17. The van der Waals surface area contributed by atoms with Gasteiger partial charge in [0.05, 0.1) is 13.2 Å². The average Bonchev–Trinajstić information content (AvgIpc) is 3.01. The number of hydrogen-bond acceptors (Lipinski definition) is 3. The van der Waals surface area contributed by atoms with E-state index in [-0.39, 0.29) is 30.2 Å². The Morgan fingerprint density at radius 1 is 1.23 bits per heavy atom. The highest BCUT2D eigenvalue weighted by atomic mass is 19.1. The number of carbonyl (C=O) groups excluding carboxylic acids is 2. The second kappa shape index (κ2) is 7.86. The highest BCUT2D eigenvalue weighted by Gasteiger charge is 2.31. The first-order valence-corrected chi connectivity index (χ1v) is 8.29. The van der Waals surface area contributed by atoms with Crippen molar-refractivity contribution in [3.05, 3.63) is 59.9 Å². The largest absolute Gasteiger partial charge is 0.496 e. The van der Waals surface area contributed by atoms with Gasteiger partial charge in [0.2, 0.25) is 5.91 Å². The molecule has 1 heterocycles. The summed E-state index contributed by atoms with van der Waals surface area (Å²) < 4.78 is 18.3. The molecule has 0 aromatic heterocycles. The SMILES string of the molecule is COc1ccccc1CNC(=O)N[C@@H]1CC(=O)N(c2ccc(F)cc2)C1. The molecule has 0 aliphatic carbocycles. The molecule has 2 aromatic carbocycles. The van der Waals surface area contributed by atoms with Crippen LogP contribution in [0.3, 0.4) is 0 Å². The molecular weight excluding hydrogens is 337 g/mol. The van der Waals surface area contributed by atoms with Crippen LogP contribution in [0.25, 0.3) is 0 Å². The van der Waals surface area contributed by atoms with Gasteiger partial charge in [0.15, 0.2) is 0 Å². The minimum Gasteiger partial charge on any atom is -0.496 e. The molecule has 26 heavy (non-hydrogen) atoms. The number of nitrogens with zero attached hydrogens (tertiary/aromatic N) is 1. The van der Waals surface area contributed by atoms with Crippen LogP contribution in [0.5, 0.6) is 5.75 Å².